The van der Waals surface area contributed by atoms with E-state index in [0.717, 1.165) is 5.56 Å². The molecule has 0 aliphatic heterocycles. The normalized spacial score (nSPS) is 10.2. The maximum atomic E-state index is 10.7. The van der Waals surface area contributed by atoms with Crippen LogP contribution in [0, 0.1) is 10.1 Å². The van der Waals surface area contributed by atoms with Crippen LogP contribution in [0.25, 0.3) is 11.1 Å². The second-order valence-corrected chi connectivity index (χ2v) is 3.88. The van der Waals surface area contributed by atoms with E-state index in [2.05, 4.69) is 0 Å². The van der Waals surface area contributed by atoms with E-state index in [1.165, 1.54) is 24.3 Å². The van der Waals surface area contributed by atoms with Crippen LogP contribution in [0.15, 0.2) is 42.5 Å². The summed E-state index contributed by atoms with van der Waals surface area (Å²) in [6.07, 6.45) is 0. The standard InChI is InChI=1S/C12H8ClNO3/c13-11-6-3-9(7-12(11)14(16)17)8-1-4-10(15)5-2-8/h1-7,15H. The number of nitrogens with zero attached hydrogens (tertiary/aromatic N) is 1. The molecule has 0 bridgehead atoms. The SMILES string of the molecule is O=[N+]([O-])c1cc(-c2ccc(O)cc2)ccc1Cl. The maximum Gasteiger partial charge on any atom is 0.288 e. The number of halogens is 1. The zero-order valence-corrected chi connectivity index (χ0v) is 9.39. The summed E-state index contributed by atoms with van der Waals surface area (Å²) in [7, 11) is 0. The topological polar surface area (TPSA) is 63.4 Å². The zero-order chi connectivity index (χ0) is 12.4. The molecule has 0 radical (unpaired) electrons. The van der Waals surface area contributed by atoms with Crippen LogP contribution in [0.1, 0.15) is 0 Å². The minimum Gasteiger partial charge on any atom is -0.508 e. The average Bonchev–Trinajstić information content (AvgIpc) is 2.30. The van der Waals surface area contributed by atoms with Crippen LogP contribution in [0.5, 0.6) is 5.75 Å². The predicted molar refractivity (Wildman–Crippen MR) is 65.2 cm³/mol. The molecule has 0 amide bonds. The molecule has 0 unspecified atom stereocenters. The van der Waals surface area contributed by atoms with Crippen LogP contribution in [0.3, 0.4) is 0 Å². The Labute approximate surface area is 102 Å². The van der Waals surface area contributed by atoms with Gasteiger partial charge in [0.15, 0.2) is 0 Å². The van der Waals surface area contributed by atoms with Crippen molar-refractivity contribution in [3.8, 4) is 16.9 Å². The largest absolute Gasteiger partial charge is 0.508 e. The molecule has 2 rings (SSSR count). The zero-order valence-electron chi connectivity index (χ0n) is 8.63. The van der Waals surface area contributed by atoms with Crippen molar-refractivity contribution in [2.24, 2.45) is 0 Å². The molecule has 0 aromatic heterocycles. The molecule has 0 saturated carbocycles. The lowest BCUT2D eigenvalue weighted by Crippen LogP contribution is -1.89. The molecular weight excluding hydrogens is 242 g/mol. The number of hydrogen-bond acceptors (Lipinski definition) is 3. The molecule has 0 spiro atoms. The van der Waals surface area contributed by atoms with Crippen molar-refractivity contribution >= 4 is 17.3 Å². The van der Waals surface area contributed by atoms with E-state index in [0.29, 0.717) is 5.56 Å². The number of nitro benzene ring substituents is 1. The quantitative estimate of drug-likeness (QED) is 0.653. The Morgan fingerprint density at radius 2 is 1.65 bits per heavy atom. The predicted octanol–water partition coefficient (Wildman–Crippen LogP) is 3.62. The van der Waals surface area contributed by atoms with E-state index < -0.39 is 4.92 Å². The molecule has 0 saturated heterocycles. The number of phenols is 1. The molecule has 0 heterocycles. The summed E-state index contributed by atoms with van der Waals surface area (Å²) < 4.78 is 0. The fourth-order valence-electron chi connectivity index (χ4n) is 1.49. The molecule has 0 fully saturated rings. The van der Waals surface area contributed by atoms with Gasteiger partial charge >= 0.3 is 0 Å². The first kappa shape index (κ1) is 11.4. The molecule has 4 nitrogen and oxygen atoms in total. The lowest BCUT2D eigenvalue weighted by Gasteiger charge is -2.02. The summed E-state index contributed by atoms with van der Waals surface area (Å²) in [4.78, 5) is 10.2. The van der Waals surface area contributed by atoms with Gasteiger partial charge in [-0.05, 0) is 29.3 Å². The summed E-state index contributed by atoms with van der Waals surface area (Å²) in [5.41, 5.74) is 1.33. The van der Waals surface area contributed by atoms with Crippen molar-refractivity contribution in [3.63, 3.8) is 0 Å². The summed E-state index contributed by atoms with van der Waals surface area (Å²) in [5.74, 6) is 0.150. The van der Waals surface area contributed by atoms with Crippen molar-refractivity contribution in [1.29, 1.82) is 0 Å². The number of phenolic OH excluding ortho intramolecular Hbond substituents is 1. The van der Waals surface area contributed by atoms with Crippen molar-refractivity contribution in [2.75, 3.05) is 0 Å². The van der Waals surface area contributed by atoms with Crippen LogP contribution in [0.4, 0.5) is 5.69 Å². The molecule has 5 heteroatoms. The van der Waals surface area contributed by atoms with Gasteiger partial charge in [-0.25, -0.2) is 0 Å². The fraction of sp³-hybridized carbons (Fsp3) is 0. The van der Waals surface area contributed by atoms with Gasteiger partial charge in [0.1, 0.15) is 10.8 Å². The molecule has 1 N–H and O–H groups in total. The van der Waals surface area contributed by atoms with Gasteiger partial charge in [-0.1, -0.05) is 29.8 Å². The Morgan fingerprint density at radius 1 is 1.06 bits per heavy atom. The Morgan fingerprint density at radius 3 is 2.24 bits per heavy atom. The second kappa shape index (κ2) is 4.43. The van der Waals surface area contributed by atoms with Crippen LogP contribution >= 0.6 is 11.6 Å². The smallest absolute Gasteiger partial charge is 0.288 e. The van der Waals surface area contributed by atoms with E-state index in [1.807, 2.05) is 0 Å². The highest BCUT2D eigenvalue weighted by molar-refractivity contribution is 6.32. The Balaban J connectivity index is 2.50. The lowest BCUT2D eigenvalue weighted by molar-refractivity contribution is -0.384. The summed E-state index contributed by atoms with van der Waals surface area (Å²) in [6, 6.07) is 11.0. The first-order valence-corrected chi connectivity index (χ1v) is 5.19. The average molecular weight is 250 g/mol. The monoisotopic (exact) mass is 249 g/mol. The van der Waals surface area contributed by atoms with Crippen LogP contribution < -0.4 is 0 Å². The Kier molecular flexibility index (Phi) is 2.97. The van der Waals surface area contributed by atoms with Gasteiger partial charge < -0.3 is 5.11 Å². The van der Waals surface area contributed by atoms with Crippen molar-refractivity contribution < 1.29 is 10.0 Å². The third kappa shape index (κ3) is 2.37. The summed E-state index contributed by atoms with van der Waals surface area (Å²) >= 11 is 5.72. The van der Waals surface area contributed by atoms with Crippen molar-refractivity contribution in [1.82, 2.24) is 0 Å². The summed E-state index contributed by atoms with van der Waals surface area (Å²) in [5, 5.41) is 20.0. The van der Waals surface area contributed by atoms with Crippen LogP contribution in [-0.2, 0) is 0 Å². The van der Waals surface area contributed by atoms with Gasteiger partial charge in [-0.3, -0.25) is 10.1 Å². The van der Waals surface area contributed by atoms with E-state index in [4.69, 9.17) is 16.7 Å². The first-order chi connectivity index (χ1) is 8.08. The van der Waals surface area contributed by atoms with Gasteiger partial charge in [-0.15, -0.1) is 0 Å². The van der Waals surface area contributed by atoms with Gasteiger partial charge in [0.2, 0.25) is 0 Å². The van der Waals surface area contributed by atoms with Gasteiger partial charge in [0, 0.05) is 6.07 Å². The van der Waals surface area contributed by atoms with E-state index in [-0.39, 0.29) is 16.5 Å². The highest BCUT2D eigenvalue weighted by Crippen LogP contribution is 2.30. The minimum absolute atomic E-state index is 0.109. The minimum atomic E-state index is -0.522. The van der Waals surface area contributed by atoms with Crippen molar-refractivity contribution in [3.05, 3.63) is 57.6 Å². The summed E-state index contributed by atoms with van der Waals surface area (Å²) in [6.45, 7) is 0. The third-order valence-electron chi connectivity index (χ3n) is 2.34. The molecule has 0 atom stereocenters. The molecule has 0 aliphatic carbocycles. The maximum absolute atomic E-state index is 10.7. The second-order valence-electron chi connectivity index (χ2n) is 3.47. The Hall–Kier alpha value is -2.07. The molecular formula is C12H8ClNO3. The lowest BCUT2D eigenvalue weighted by atomic mass is 10.1. The molecule has 2 aromatic rings. The first-order valence-electron chi connectivity index (χ1n) is 4.81. The number of nitro groups is 1. The number of benzene rings is 2. The van der Waals surface area contributed by atoms with Gasteiger partial charge in [0.05, 0.1) is 4.92 Å². The number of hydrogen-bond donors (Lipinski definition) is 1. The van der Waals surface area contributed by atoms with E-state index in [9.17, 15) is 10.1 Å². The highest BCUT2D eigenvalue weighted by Gasteiger charge is 2.13. The van der Waals surface area contributed by atoms with E-state index in [1.54, 1.807) is 18.2 Å². The van der Waals surface area contributed by atoms with Crippen LogP contribution in [-0.4, -0.2) is 10.0 Å². The molecule has 2 aromatic carbocycles. The molecule has 86 valence electrons. The van der Waals surface area contributed by atoms with Gasteiger partial charge in [-0.2, -0.15) is 0 Å². The highest BCUT2D eigenvalue weighted by atomic mass is 35.5. The van der Waals surface area contributed by atoms with Crippen LogP contribution in [0.2, 0.25) is 5.02 Å². The van der Waals surface area contributed by atoms with Crippen molar-refractivity contribution in [2.45, 2.75) is 0 Å². The fourth-order valence-corrected chi connectivity index (χ4v) is 1.67. The van der Waals surface area contributed by atoms with E-state index >= 15 is 0 Å². The number of aromatic hydroxyl groups is 1. The Bertz CT molecular complexity index is 566. The molecule has 17 heavy (non-hydrogen) atoms. The molecule has 0 aliphatic rings. The van der Waals surface area contributed by atoms with Gasteiger partial charge in [0.25, 0.3) is 5.69 Å². The number of rotatable bonds is 2. The third-order valence-corrected chi connectivity index (χ3v) is 2.66.